The number of piperidine rings is 1. The number of carbonyl (C=O) groups is 2. The fourth-order valence-electron chi connectivity index (χ4n) is 5.13. The van der Waals surface area contributed by atoms with Crippen LogP contribution < -0.4 is 0 Å². The van der Waals surface area contributed by atoms with Crippen LogP contribution in [0.25, 0.3) is 0 Å². The minimum atomic E-state index is -0.448. The number of likely N-dealkylation sites (tertiary alicyclic amines) is 2. The van der Waals surface area contributed by atoms with E-state index in [1.807, 2.05) is 25.7 Å². The summed E-state index contributed by atoms with van der Waals surface area (Å²) in [6.45, 7) is 16.0. The molecule has 2 amide bonds. The third kappa shape index (κ3) is 7.35. The summed E-state index contributed by atoms with van der Waals surface area (Å²) in [6, 6.07) is 0.439. The van der Waals surface area contributed by atoms with Crippen LogP contribution >= 0.6 is 0 Å². The van der Waals surface area contributed by atoms with Crippen LogP contribution in [0.3, 0.4) is 0 Å². The molecule has 0 radical (unpaired) electrons. The van der Waals surface area contributed by atoms with E-state index >= 15 is 0 Å². The first-order chi connectivity index (χ1) is 14.7. The standard InChI is InChI=1S/C24H44N4O3/c1-20(21-10-9-13-28(18-21)23(30)31-24(2,3)4)26-16-14-25(15-17-26)19-22(29)27-11-7-5-6-8-12-27/h20-21H,5-19H2,1-4H3. The Hall–Kier alpha value is -1.34. The highest BCUT2D eigenvalue weighted by Crippen LogP contribution is 2.25. The number of rotatable bonds is 4. The highest BCUT2D eigenvalue weighted by molar-refractivity contribution is 5.78. The molecule has 0 aromatic heterocycles. The van der Waals surface area contributed by atoms with Crippen molar-refractivity contribution in [2.45, 2.75) is 77.9 Å². The van der Waals surface area contributed by atoms with Crippen molar-refractivity contribution in [3.05, 3.63) is 0 Å². The fourth-order valence-corrected chi connectivity index (χ4v) is 5.13. The SMILES string of the molecule is CC(C1CCCN(C(=O)OC(C)(C)C)C1)N1CCN(CC(=O)N2CCCCCC2)CC1. The topological polar surface area (TPSA) is 56.3 Å². The maximum atomic E-state index is 12.7. The van der Waals surface area contributed by atoms with E-state index in [0.29, 0.717) is 24.4 Å². The van der Waals surface area contributed by atoms with E-state index in [1.165, 1.54) is 12.8 Å². The highest BCUT2D eigenvalue weighted by atomic mass is 16.6. The van der Waals surface area contributed by atoms with Gasteiger partial charge in [-0.2, -0.15) is 0 Å². The van der Waals surface area contributed by atoms with Crippen LogP contribution in [-0.2, 0) is 9.53 Å². The summed E-state index contributed by atoms with van der Waals surface area (Å²) in [6.07, 6.45) is 6.84. The van der Waals surface area contributed by atoms with Gasteiger partial charge in [0.2, 0.25) is 5.91 Å². The molecule has 7 nitrogen and oxygen atoms in total. The van der Waals surface area contributed by atoms with E-state index in [4.69, 9.17) is 4.74 Å². The van der Waals surface area contributed by atoms with Gasteiger partial charge >= 0.3 is 6.09 Å². The Morgan fingerprint density at radius 2 is 1.48 bits per heavy atom. The molecule has 0 aliphatic carbocycles. The average molecular weight is 437 g/mol. The van der Waals surface area contributed by atoms with Gasteiger partial charge in [0.15, 0.2) is 0 Å². The van der Waals surface area contributed by atoms with E-state index in [2.05, 4.69) is 21.6 Å². The Balaban J connectivity index is 1.43. The molecule has 0 aromatic rings. The van der Waals surface area contributed by atoms with Crippen LogP contribution in [0, 0.1) is 5.92 Å². The molecule has 7 heteroatoms. The second-order valence-corrected chi connectivity index (χ2v) is 10.7. The Kier molecular flexibility index (Phi) is 8.62. The summed E-state index contributed by atoms with van der Waals surface area (Å²) < 4.78 is 5.59. The van der Waals surface area contributed by atoms with Gasteiger partial charge in [0.05, 0.1) is 6.54 Å². The van der Waals surface area contributed by atoms with Crippen LogP contribution in [0.15, 0.2) is 0 Å². The van der Waals surface area contributed by atoms with Crippen LogP contribution in [0.2, 0.25) is 0 Å². The van der Waals surface area contributed by atoms with Crippen molar-refractivity contribution in [3.63, 3.8) is 0 Å². The summed E-state index contributed by atoms with van der Waals surface area (Å²) in [5.74, 6) is 0.787. The maximum absolute atomic E-state index is 12.7. The zero-order valence-corrected chi connectivity index (χ0v) is 20.3. The van der Waals surface area contributed by atoms with Gasteiger partial charge in [-0.15, -0.1) is 0 Å². The van der Waals surface area contributed by atoms with E-state index in [0.717, 1.165) is 78.0 Å². The van der Waals surface area contributed by atoms with Crippen molar-refractivity contribution in [1.82, 2.24) is 19.6 Å². The molecule has 178 valence electrons. The summed E-state index contributed by atoms with van der Waals surface area (Å²) in [4.78, 5) is 34.1. The van der Waals surface area contributed by atoms with Gasteiger partial charge in [0.1, 0.15) is 5.60 Å². The second kappa shape index (κ2) is 11.0. The van der Waals surface area contributed by atoms with Crippen molar-refractivity contribution in [2.75, 3.05) is 58.9 Å². The molecular weight excluding hydrogens is 392 g/mol. The molecule has 0 saturated carbocycles. The van der Waals surface area contributed by atoms with Crippen molar-refractivity contribution < 1.29 is 14.3 Å². The molecule has 31 heavy (non-hydrogen) atoms. The summed E-state index contributed by atoms with van der Waals surface area (Å²) in [5, 5.41) is 0. The number of ether oxygens (including phenoxy) is 1. The lowest BCUT2D eigenvalue weighted by Gasteiger charge is -2.43. The number of nitrogens with zero attached hydrogens (tertiary/aromatic N) is 4. The van der Waals surface area contributed by atoms with Gasteiger partial charge in [-0.25, -0.2) is 4.79 Å². The summed E-state index contributed by atoms with van der Waals surface area (Å²) in [5.41, 5.74) is -0.448. The monoisotopic (exact) mass is 436 g/mol. The molecule has 3 aliphatic rings. The highest BCUT2D eigenvalue weighted by Gasteiger charge is 2.33. The van der Waals surface area contributed by atoms with Gasteiger partial charge in [-0.05, 0) is 59.3 Å². The maximum Gasteiger partial charge on any atom is 0.410 e. The average Bonchev–Trinajstić information content (AvgIpc) is 3.02. The molecule has 0 bridgehead atoms. The minimum absolute atomic E-state index is 0.179. The molecule has 3 heterocycles. The molecule has 2 atom stereocenters. The van der Waals surface area contributed by atoms with Crippen molar-refractivity contribution in [1.29, 1.82) is 0 Å². The molecule has 2 unspecified atom stereocenters. The molecule has 0 spiro atoms. The van der Waals surface area contributed by atoms with Gasteiger partial charge < -0.3 is 14.5 Å². The Morgan fingerprint density at radius 1 is 0.871 bits per heavy atom. The zero-order valence-electron chi connectivity index (χ0n) is 20.3. The van der Waals surface area contributed by atoms with Crippen LogP contribution in [0.4, 0.5) is 4.79 Å². The van der Waals surface area contributed by atoms with E-state index < -0.39 is 5.60 Å². The molecule has 3 saturated heterocycles. The zero-order chi connectivity index (χ0) is 22.4. The Bertz CT molecular complexity index is 590. The lowest BCUT2D eigenvalue weighted by atomic mass is 9.90. The number of piperazine rings is 1. The molecule has 3 aliphatic heterocycles. The first-order valence-corrected chi connectivity index (χ1v) is 12.4. The van der Waals surface area contributed by atoms with Crippen LogP contribution in [-0.4, -0.2) is 102 Å². The quantitative estimate of drug-likeness (QED) is 0.678. The third-order valence-electron chi connectivity index (χ3n) is 7.09. The van der Waals surface area contributed by atoms with Gasteiger partial charge in [0, 0.05) is 58.4 Å². The van der Waals surface area contributed by atoms with E-state index in [1.54, 1.807) is 0 Å². The summed E-state index contributed by atoms with van der Waals surface area (Å²) in [7, 11) is 0. The van der Waals surface area contributed by atoms with Gasteiger partial charge in [0.25, 0.3) is 0 Å². The Morgan fingerprint density at radius 3 is 2.10 bits per heavy atom. The first-order valence-electron chi connectivity index (χ1n) is 12.4. The van der Waals surface area contributed by atoms with Crippen LogP contribution in [0.1, 0.15) is 66.2 Å². The largest absolute Gasteiger partial charge is 0.444 e. The second-order valence-electron chi connectivity index (χ2n) is 10.7. The molecule has 0 aromatic carbocycles. The molecule has 0 N–H and O–H groups in total. The first kappa shape index (κ1) is 24.3. The number of hydrogen-bond donors (Lipinski definition) is 0. The van der Waals surface area contributed by atoms with Crippen molar-refractivity contribution in [3.8, 4) is 0 Å². The molecular formula is C24H44N4O3. The normalized spacial score (nSPS) is 25.7. The van der Waals surface area contributed by atoms with E-state index in [9.17, 15) is 9.59 Å². The predicted octanol–water partition coefficient (Wildman–Crippen LogP) is 3.04. The third-order valence-corrected chi connectivity index (χ3v) is 7.09. The number of carbonyl (C=O) groups excluding carboxylic acids is 2. The lowest BCUT2D eigenvalue weighted by Crippen LogP contribution is -2.55. The lowest BCUT2D eigenvalue weighted by molar-refractivity contribution is -0.132. The van der Waals surface area contributed by atoms with Crippen molar-refractivity contribution >= 4 is 12.0 Å². The fraction of sp³-hybridized carbons (Fsp3) is 0.917. The number of amides is 2. The summed E-state index contributed by atoms with van der Waals surface area (Å²) >= 11 is 0. The van der Waals surface area contributed by atoms with Crippen LogP contribution in [0.5, 0.6) is 0 Å². The van der Waals surface area contributed by atoms with Crippen molar-refractivity contribution in [2.24, 2.45) is 5.92 Å². The Labute approximate surface area is 189 Å². The molecule has 3 fully saturated rings. The smallest absolute Gasteiger partial charge is 0.410 e. The predicted molar refractivity (Wildman–Crippen MR) is 123 cm³/mol. The molecule has 3 rings (SSSR count). The minimum Gasteiger partial charge on any atom is -0.444 e. The van der Waals surface area contributed by atoms with E-state index in [-0.39, 0.29) is 6.09 Å². The number of hydrogen-bond acceptors (Lipinski definition) is 5. The van der Waals surface area contributed by atoms with Gasteiger partial charge in [-0.1, -0.05) is 12.8 Å². The van der Waals surface area contributed by atoms with Gasteiger partial charge in [-0.3, -0.25) is 14.6 Å².